The summed E-state index contributed by atoms with van der Waals surface area (Å²) in [6.07, 6.45) is 8.98. The Balaban J connectivity index is 0.000000301. The second kappa shape index (κ2) is 12.0. The number of carbonyl (C=O) groups is 2. The SMILES string of the molecule is CC(=O)c1ccccc1.O=C(c1ccccc1C1(O)CCCCC1)c1ccccc1C1(O)CCCCC1. The molecule has 0 bridgehead atoms. The quantitative estimate of drug-likeness (QED) is 0.368. The molecule has 0 amide bonds. The summed E-state index contributed by atoms with van der Waals surface area (Å²) in [5, 5.41) is 22.6. The highest BCUT2D eigenvalue weighted by Gasteiger charge is 2.37. The van der Waals surface area contributed by atoms with Crippen LogP contribution in [0.25, 0.3) is 0 Å². The first-order valence-electron chi connectivity index (χ1n) is 13.6. The lowest BCUT2D eigenvalue weighted by Gasteiger charge is -2.35. The van der Waals surface area contributed by atoms with E-state index in [4.69, 9.17) is 0 Å². The zero-order valence-corrected chi connectivity index (χ0v) is 21.8. The molecule has 2 aliphatic carbocycles. The molecule has 4 nitrogen and oxygen atoms in total. The fourth-order valence-electron chi connectivity index (χ4n) is 5.80. The first-order chi connectivity index (χ1) is 17.8. The van der Waals surface area contributed by atoms with E-state index >= 15 is 0 Å². The van der Waals surface area contributed by atoms with Gasteiger partial charge < -0.3 is 10.2 Å². The average Bonchev–Trinajstić information content (AvgIpc) is 2.94. The van der Waals surface area contributed by atoms with Crippen LogP contribution in [-0.2, 0) is 11.2 Å². The number of aliphatic hydroxyl groups is 2. The Morgan fingerprint density at radius 2 is 0.946 bits per heavy atom. The Kier molecular flexibility index (Phi) is 8.73. The number of carbonyl (C=O) groups excluding carboxylic acids is 2. The molecule has 0 radical (unpaired) electrons. The van der Waals surface area contributed by atoms with Crippen molar-refractivity contribution in [1.29, 1.82) is 0 Å². The molecule has 0 saturated heterocycles. The van der Waals surface area contributed by atoms with E-state index in [1.807, 2.05) is 78.9 Å². The zero-order chi connectivity index (χ0) is 26.3. The van der Waals surface area contributed by atoms with Crippen LogP contribution in [0.2, 0.25) is 0 Å². The minimum Gasteiger partial charge on any atom is -0.385 e. The molecule has 194 valence electrons. The van der Waals surface area contributed by atoms with Crippen LogP contribution in [0.3, 0.4) is 0 Å². The first kappa shape index (κ1) is 27.0. The van der Waals surface area contributed by atoms with E-state index in [0.717, 1.165) is 55.2 Å². The highest BCUT2D eigenvalue weighted by atomic mass is 16.3. The zero-order valence-electron chi connectivity index (χ0n) is 21.8. The van der Waals surface area contributed by atoms with Gasteiger partial charge in [0.2, 0.25) is 0 Å². The molecule has 0 aliphatic heterocycles. The van der Waals surface area contributed by atoms with Crippen LogP contribution in [0, 0.1) is 0 Å². The van der Waals surface area contributed by atoms with Crippen LogP contribution in [0.4, 0.5) is 0 Å². The largest absolute Gasteiger partial charge is 0.385 e. The van der Waals surface area contributed by atoms with Gasteiger partial charge in [0.15, 0.2) is 11.6 Å². The summed E-state index contributed by atoms with van der Waals surface area (Å²) in [6, 6.07) is 24.2. The molecular formula is C33H38O4. The van der Waals surface area contributed by atoms with Crippen LogP contribution in [0.1, 0.15) is 109 Å². The Morgan fingerprint density at radius 3 is 1.32 bits per heavy atom. The van der Waals surface area contributed by atoms with Crippen LogP contribution >= 0.6 is 0 Å². The Hall–Kier alpha value is -3.08. The number of hydrogen-bond acceptors (Lipinski definition) is 4. The molecule has 2 saturated carbocycles. The second-order valence-electron chi connectivity index (χ2n) is 10.5. The van der Waals surface area contributed by atoms with E-state index in [1.54, 1.807) is 6.92 Å². The van der Waals surface area contributed by atoms with Gasteiger partial charge in [0.25, 0.3) is 0 Å². The molecule has 3 aromatic rings. The lowest BCUT2D eigenvalue weighted by molar-refractivity contribution is -0.00188. The topological polar surface area (TPSA) is 74.6 Å². The standard InChI is InChI=1S/C25H30O3.C8H8O/c26-23(19-11-3-5-13-21(19)24(27)15-7-1-8-16-24)20-12-4-6-14-22(20)25(28)17-9-2-10-18-25;1-7(9)8-5-3-2-4-6-8/h3-6,11-14,27-28H,1-2,7-10,15-18H2;2-6H,1H3. The van der Waals surface area contributed by atoms with Crippen molar-refractivity contribution in [3.63, 3.8) is 0 Å². The van der Waals surface area contributed by atoms with Gasteiger partial charge in [-0.2, -0.15) is 0 Å². The molecule has 0 aromatic heterocycles. The lowest BCUT2D eigenvalue weighted by atomic mass is 9.74. The highest BCUT2D eigenvalue weighted by Crippen LogP contribution is 2.41. The molecule has 0 unspecified atom stereocenters. The molecule has 5 rings (SSSR count). The van der Waals surface area contributed by atoms with Crippen molar-refractivity contribution in [2.75, 3.05) is 0 Å². The summed E-state index contributed by atoms with van der Waals surface area (Å²) in [5.41, 5.74) is 1.54. The van der Waals surface area contributed by atoms with Crippen molar-refractivity contribution in [3.8, 4) is 0 Å². The molecule has 2 N–H and O–H groups in total. The molecule has 2 fully saturated rings. The number of ketones is 2. The third-order valence-corrected chi connectivity index (χ3v) is 7.89. The molecule has 0 heterocycles. The van der Waals surface area contributed by atoms with Crippen LogP contribution in [0.5, 0.6) is 0 Å². The maximum Gasteiger partial charge on any atom is 0.193 e. The van der Waals surface area contributed by atoms with Gasteiger partial charge in [-0.25, -0.2) is 0 Å². The van der Waals surface area contributed by atoms with Gasteiger partial charge in [-0.15, -0.1) is 0 Å². The fourth-order valence-corrected chi connectivity index (χ4v) is 5.80. The highest BCUT2D eigenvalue weighted by molar-refractivity contribution is 6.11. The van der Waals surface area contributed by atoms with Gasteiger partial charge in [-0.05, 0) is 43.7 Å². The second-order valence-corrected chi connectivity index (χ2v) is 10.5. The summed E-state index contributed by atoms with van der Waals surface area (Å²) < 4.78 is 0. The van der Waals surface area contributed by atoms with E-state index in [9.17, 15) is 19.8 Å². The number of hydrogen-bond donors (Lipinski definition) is 2. The van der Waals surface area contributed by atoms with Crippen molar-refractivity contribution in [2.24, 2.45) is 0 Å². The molecular weight excluding hydrogens is 460 g/mol. The van der Waals surface area contributed by atoms with Crippen LogP contribution in [-0.4, -0.2) is 21.8 Å². The fraction of sp³-hybridized carbons (Fsp3) is 0.394. The maximum absolute atomic E-state index is 13.6. The molecule has 37 heavy (non-hydrogen) atoms. The summed E-state index contributed by atoms with van der Waals surface area (Å²) in [6.45, 7) is 1.56. The Labute approximate surface area is 220 Å². The smallest absolute Gasteiger partial charge is 0.193 e. The van der Waals surface area contributed by atoms with Gasteiger partial charge in [-0.1, -0.05) is 117 Å². The van der Waals surface area contributed by atoms with Crippen molar-refractivity contribution in [1.82, 2.24) is 0 Å². The monoisotopic (exact) mass is 498 g/mol. The van der Waals surface area contributed by atoms with E-state index in [-0.39, 0.29) is 11.6 Å². The first-order valence-corrected chi connectivity index (χ1v) is 13.6. The van der Waals surface area contributed by atoms with Crippen LogP contribution in [0.15, 0.2) is 78.9 Å². The average molecular weight is 499 g/mol. The van der Waals surface area contributed by atoms with Crippen molar-refractivity contribution in [3.05, 3.63) is 107 Å². The summed E-state index contributed by atoms with van der Waals surface area (Å²) in [4.78, 5) is 24.3. The number of benzene rings is 3. The predicted octanol–water partition coefficient (Wildman–Crippen LogP) is 7.11. The van der Waals surface area contributed by atoms with E-state index in [1.165, 1.54) is 0 Å². The molecule has 3 aromatic carbocycles. The van der Waals surface area contributed by atoms with Gasteiger partial charge in [0.05, 0.1) is 11.2 Å². The van der Waals surface area contributed by atoms with Gasteiger partial charge >= 0.3 is 0 Å². The summed E-state index contributed by atoms with van der Waals surface area (Å²) >= 11 is 0. The van der Waals surface area contributed by atoms with E-state index in [2.05, 4.69) is 0 Å². The van der Waals surface area contributed by atoms with Crippen molar-refractivity contribution in [2.45, 2.75) is 82.3 Å². The molecule has 0 atom stereocenters. The third-order valence-electron chi connectivity index (χ3n) is 7.89. The number of rotatable bonds is 5. The minimum absolute atomic E-state index is 0.0933. The number of Topliss-reactive ketones (excluding diaryl/α,β-unsaturated/α-hetero) is 1. The van der Waals surface area contributed by atoms with Gasteiger partial charge in [0.1, 0.15) is 0 Å². The van der Waals surface area contributed by atoms with Gasteiger partial charge in [0, 0.05) is 16.7 Å². The van der Waals surface area contributed by atoms with Crippen LogP contribution < -0.4 is 0 Å². The molecule has 4 heteroatoms. The third kappa shape index (κ3) is 6.26. The minimum atomic E-state index is -0.929. The summed E-state index contributed by atoms with van der Waals surface area (Å²) in [5.74, 6) is 0.0276. The van der Waals surface area contributed by atoms with Crippen molar-refractivity contribution < 1.29 is 19.8 Å². The predicted molar refractivity (Wildman–Crippen MR) is 147 cm³/mol. The Morgan fingerprint density at radius 1 is 0.568 bits per heavy atom. The molecule has 0 spiro atoms. The maximum atomic E-state index is 13.6. The van der Waals surface area contributed by atoms with Crippen molar-refractivity contribution >= 4 is 11.6 Å². The molecule has 2 aliphatic rings. The summed E-state index contributed by atoms with van der Waals surface area (Å²) in [7, 11) is 0. The lowest BCUT2D eigenvalue weighted by Crippen LogP contribution is -2.32. The normalized spacial score (nSPS) is 18.2. The van der Waals surface area contributed by atoms with E-state index < -0.39 is 11.2 Å². The van der Waals surface area contributed by atoms with Gasteiger partial charge in [-0.3, -0.25) is 9.59 Å². The van der Waals surface area contributed by atoms with E-state index in [0.29, 0.717) is 36.8 Å². The Bertz CT molecular complexity index is 1130.